The van der Waals surface area contributed by atoms with Gasteiger partial charge >= 0.3 is 0 Å². The van der Waals surface area contributed by atoms with E-state index in [2.05, 4.69) is 17.4 Å². The Hall–Kier alpha value is -1.74. The summed E-state index contributed by atoms with van der Waals surface area (Å²) in [5.41, 5.74) is 2.36. The number of hydrogen-bond donors (Lipinski definition) is 1. The molecule has 0 saturated carbocycles. The van der Waals surface area contributed by atoms with Crippen molar-refractivity contribution in [2.75, 3.05) is 14.2 Å². The second-order valence-corrected chi connectivity index (χ2v) is 3.93. The number of furan rings is 1. The van der Waals surface area contributed by atoms with Crippen molar-refractivity contribution in [1.82, 2.24) is 5.32 Å². The molecular weight excluding hydrogens is 214 g/mol. The van der Waals surface area contributed by atoms with Gasteiger partial charge in [0.15, 0.2) is 0 Å². The number of nitrogens with one attached hydrogen (secondary N) is 1. The Morgan fingerprint density at radius 1 is 1.18 bits per heavy atom. The highest BCUT2D eigenvalue weighted by molar-refractivity contribution is 5.36. The zero-order chi connectivity index (χ0) is 12.3. The first-order valence-electron chi connectivity index (χ1n) is 5.61. The van der Waals surface area contributed by atoms with Gasteiger partial charge in [0.05, 0.1) is 19.4 Å². The van der Waals surface area contributed by atoms with Crippen LogP contribution in [0.4, 0.5) is 0 Å². The van der Waals surface area contributed by atoms with Crippen LogP contribution in [-0.4, -0.2) is 14.2 Å². The molecule has 0 aliphatic rings. The molecule has 3 nitrogen and oxygen atoms in total. The Morgan fingerprint density at radius 3 is 2.35 bits per heavy atom. The summed E-state index contributed by atoms with van der Waals surface area (Å²) in [5.74, 6) is 1.81. The predicted molar refractivity (Wildman–Crippen MR) is 67.3 cm³/mol. The minimum atomic E-state index is 0.152. The first-order valence-corrected chi connectivity index (χ1v) is 5.61. The van der Waals surface area contributed by atoms with E-state index in [1.54, 1.807) is 13.4 Å². The van der Waals surface area contributed by atoms with Crippen molar-refractivity contribution >= 4 is 0 Å². The molecular formula is C14H17NO2. The normalized spacial score (nSPS) is 12.4. The van der Waals surface area contributed by atoms with E-state index in [0.717, 1.165) is 17.1 Å². The van der Waals surface area contributed by atoms with Crippen LogP contribution in [0.5, 0.6) is 5.75 Å². The van der Waals surface area contributed by atoms with E-state index in [9.17, 15) is 0 Å². The Bertz CT molecular complexity index is 473. The van der Waals surface area contributed by atoms with E-state index in [0.29, 0.717) is 0 Å². The smallest absolute Gasteiger partial charge is 0.118 e. The van der Waals surface area contributed by atoms with Gasteiger partial charge in [-0.05, 0) is 37.7 Å². The Kier molecular flexibility index (Phi) is 3.49. The van der Waals surface area contributed by atoms with Crippen molar-refractivity contribution in [2.45, 2.75) is 13.0 Å². The topological polar surface area (TPSA) is 34.4 Å². The maximum absolute atomic E-state index is 5.35. The van der Waals surface area contributed by atoms with Gasteiger partial charge in [-0.2, -0.15) is 0 Å². The average Bonchev–Trinajstić information content (AvgIpc) is 2.78. The summed E-state index contributed by atoms with van der Waals surface area (Å²) in [6.07, 6.45) is 1.72. The lowest BCUT2D eigenvalue weighted by molar-refractivity contribution is 0.414. The fourth-order valence-corrected chi connectivity index (χ4v) is 1.99. The molecule has 1 N–H and O–H groups in total. The average molecular weight is 231 g/mol. The molecule has 0 spiro atoms. The molecule has 90 valence electrons. The molecule has 0 fully saturated rings. The zero-order valence-electron chi connectivity index (χ0n) is 10.4. The van der Waals surface area contributed by atoms with Crippen LogP contribution >= 0.6 is 0 Å². The quantitative estimate of drug-likeness (QED) is 0.878. The molecule has 2 rings (SSSR count). The lowest BCUT2D eigenvalue weighted by Crippen LogP contribution is -2.17. The molecule has 1 aromatic carbocycles. The van der Waals surface area contributed by atoms with E-state index in [-0.39, 0.29) is 6.04 Å². The van der Waals surface area contributed by atoms with Crippen LogP contribution in [0, 0.1) is 6.92 Å². The van der Waals surface area contributed by atoms with Gasteiger partial charge < -0.3 is 14.5 Å². The second kappa shape index (κ2) is 5.06. The lowest BCUT2D eigenvalue weighted by atomic mass is 9.99. The predicted octanol–water partition coefficient (Wildman–Crippen LogP) is 2.91. The molecule has 1 heterocycles. The van der Waals surface area contributed by atoms with Crippen LogP contribution in [-0.2, 0) is 0 Å². The van der Waals surface area contributed by atoms with Gasteiger partial charge in [0.25, 0.3) is 0 Å². The first kappa shape index (κ1) is 11.7. The summed E-state index contributed by atoms with van der Waals surface area (Å²) in [6, 6.07) is 10.2. The molecule has 2 aromatic rings. The van der Waals surface area contributed by atoms with Crippen LogP contribution in [0.2, 0.25) is 0 Å². The van der Waals surface area contributed by atoms with Gasteiger partial charge in [0.2, 0.25) is 0 Å². The lowest BCUT2D eigenvalue weighted by Gasteiger charge is -2.16. The minimum Gasteiger partial charge on any atom is -0.497 e. The molecule has 17 heavy (non-hydrogen) atoms. The third-order valence-electron chi connectivity index (χ3n) is 2.95. The molecule has 0 amide bonds. The molecule has 0 aliphatic heterocycles. The zero-order valence-corrected chi connectivity index (χ0v) is 10.4. The van der Waals surface area contributed by atoms with Crippen molar-refractivity contribution in [1.29, 1.82) is 0 Å². The highest BCUT2D eigenvalue weighted by Crippen LogP contribution is 2.26. The first-order chi connectivity index (χ1) is 8.26. The van der Waals surface area contributed by atoms with Crippen LogP contribution < -0.4 is 10.1 Å². The number of aryl methyl sites for hydroxylation is 1. The van der Waals surface area contributed by atoms with E-state index in [1.165, 1.54) is 5.56 Å². The molecule has 0 saturated heterocycles. The van der Waals surface area contributed by atoms with Gasteiger partial charge in [0, 0.05) is 5.56 Å². The van der Waals surface area contributed by atoms with Crippen molar-refractivity contribution in [3.05, 3.63) is 53.5 Å². The van der Waals surface area contributed by atoms with Crippen molar-refractivity contribution in [2.24, 2.45) is 0 Å². The minimum absolute atomic E-state index is 0.152. The number of benzene rings is 1. The Morgan fingerprint density at radius 2 is 1.88 bits per heavy atom. The second-order valence-electron chi connectivity index (χ2n) is 3.93. The number of methoxy groups -OCH3 is 1. The van der Waals surface area contributed by atoms with Gasteiger partial charge in [-0.25, -0.2) is 0 Å². The van der Waals surface area contributed by atoms with Gasteiger partial charge in [-0.15, -0.1) is 0 Å². The van der Waals surface area contributed by atoms with Crippen LogP contribution in [0.25, 0.3) is 0 Å². The van der Waals surface area contributed by atoms with E-state index < -0.39 is 0 Å². The maximum atomic E-state index is 5.35. The summed E-state index contributed by atoms with van der Waals surface area (Å²) < 4.78 is 10.5. The highest BCUT2D eigenvalue weighted by atomic mass is 16.5. The van der Waals surface area contributed by atoms with Gasteiger partial charge in [-0.1, -0.05) is 12.1 Å². The van der Waals surface area contributed by atoms with Crippen molar-refractivity contribution < 1.29 is 9.15 Å². The third kappa shape index (κ3) is 2.34. The van der Waals surface area contributed by atoms with Gasteiger partial charge in [-0.3, -0.25) is 0 Å². The molecule has 0 aliphatic carbocycles. The Balaban J connectivity index is 2.32. The summed E-state index contributed by atoms with van der Waals surface area (Å²) in [6.45, 7) is 1.98. The van der Waals surface area contributed by atoms with Crippen molar-refractivity contribution in [3.63, 3.8) is 0 Å². The van der Waals surface area contributed by atoms with Gasteiger partial charge in [0.1, 0.15) is 11.5 Å². The molecule has 1 unspecified atom stereocenters. The summed E-state index contributed by atoms with van der Waals surface area (Å²) in [5, 5.41) is 3.30. The number of hydrogen-bond acceptors (Lipinski definition) is 3. The monoisotopic (exact) mass is 231 g/mol. The summed E-state index contributed by atoms with van der Waals surface area (Å²) in [4.78, 5) is 0. The highest BCUT2D eigenvalue weighted by Gasteiger charge is 2.15. The number of rotatable bonds is 4. The SMILES string of the molecule is CNC(c1ccc(OC)cc1)c1ccoc1C. The van der Waals surface area contributed by atoms with Crippen LogP contribution in [0.15, 0.2) is 41.0 Å². The molecule has 1 atom stereocenters. The summed E-state index contributed by atoms with van der Waals surface area (Å²) in [7, 11) is 3.62. The molecule has 3 heteroatoms. The van der Waals surface area contributed by atoms with Crippen LogP contribution in [0.3, 0.4) is 0 Å². The molecule has 0 radical (unpaired) electrons. The standard InChI is InChI=1S/C14H17NO2/c1-10-13(8-9-17-10)14(15-2)11-4-6-12(16-3)7-5-11/h4-9,14-15H,1-3H3. The van der Waals surface area contributed by atoms with Crippen molar-refractivity contribution in [3.8, 4) is 5.75 Å². The Labute approximate surface area is 101 Å². The van der Waals surface area contributed by atoms with E-state index in [1.807, 2.05) is 32.2 Å². The van der Waals surface area contributed by atoms with E-state index >= 15 is 0 Å². The fraction of sp³-hybridized carbons (Fsp3) is 0.286. The van der Waals surface area contributed by atoms with E-state index in [4.69, 9.17) is 9.15 Å². The molecule has 0 bridgehead atoms. The number of ether oxygens (including phenoxy) is 1. The third-order valence-corrected chi connectivity index (χ3v) is 2.95. The van der Waals surface area contributed by atoms with Crippen LogP contribution in [0.1, 0.15) is 22.9 Å². The summed E-state index contributed by atoms with van der Waals surface area (Å²) >= 11 is 0. The molecule has 1 aromatic heterocycles. The fourth-order valence-electron chi connectivity index (χ4n) is 1.99. The maximum Gasteiger partial charge on any atom is 0.118 e. The largest absolute Gasteiger partial charge is 0.497 e.